The molecule has 4 rings (SSSR count). The molecule has 0 radical (unpaired) electrons. The Labute approximate surface area is 140 Å². The van der Waals surface area contributed by atoms with Crippen molar-refractivity contribution in [2.75, 3.05) is 0 Å². The van der Waals surface area contributed by atoms with Crippen LogP contribution in [0.2, 0.25) is 0 Å². The summed E-state index contributed by atoms with van der Waals surface area (Å²) in [7, 11) is 0. The van der Waals surface area contributed by atoms with E-state index in [2.05, 4.69) is 15.3 Å². The van der Waals surface area contributed by atoms with E-state index >= 15 is 0 Å². The lowest BCUT2D eigenvalue weighted by molar-refractivity contribution is 0.0876. The number of nitrogens with zero attached hydrogens (tertiary/aromatic N) is 3. The lowest BCUT2D eigenvalue weighted by Crippen LogP contribution is -2.49. The summed E-state index contributed by atoms with van der Waals surface area (Å²) in [6.07, 6.45) is 8.47. The number of fused-ring (bicyclic) bond motifs is 2. The number of hydrogen-bond donors (Lipinski definition) is 1. The lowest BCUT2D eigenvalue weighted by atomic mass is 9.89. The zero-order valence-corrected chi connectivity index (χ0v) is 13.7. The Hall–Kier alpha value is -2.50. The van der Waals surface area contributed by atoms with Gasteiger partial charge in [-0.2, -0.15) is 0 Å². The minimum Gasteiger partial charge on any atom is -0.327 e. The molecular weight excluding hydrogens is 304 g/mol. The van der Waals surface area contributed by atoms with E-state index in [0.717, 1.165) is 43.4 Å². The Morgan fingerprint density at radius 2 is 2.04 bits per heavy atom. The monoisotopic (exact) mass is 324 g/mol. The molecule has 0 saturated heterocycles. The van der Waals surface area contributed by atoms with E-state index in [-0.39, 0.29) is 11.5 Å². The van der Waals surface area contributed by atoms with Gasteiger partial charge in [0.2, 0.25) is 0 Å². The molecule has 1 amide bonds. The van der Waals surface area contributed by atoms with Gasteiger partial charge in [0, 0.05) is 23.9 Å². The van der Waals surface area contributed by atoms with Gasteiger partial charge < -0.3 is 5.32 Å². The summed E-state index contributed by atoms with van der Waals surface area (Å²) in [6, 6.07) is 3.64. The first kappa shape index (κ1) is 15.1. The molecule has 0 bridgehead atoms. The Morgan fingerprint density at radius 3 is 2.75 bits per heavy atom. The molecule has 1 fully saturated rings. The summed E-state index contributed by atoms with van der Waals surface area (Å²) in [5.74, 6) is -0.125. The second-order valence-electron chi connectivity index (χ2n) is 6.77. The summed E-state index contributed by atoms with van der Waals surface area (Å²) in [5.41, 5.74) is 2.24. The van der Waals surface area contributed by atoms with Crippen LogP contribution in [0.5, 0.6) is 0 Å². The molecular formula is C18H20N4O2. The average Bonchev–Trinajstić information content (AvgIpc) is 2.86. The molecule has 1 spiro atoms. The van der Waals surface area contributed by atoms with Gasteiger partial charge in [0.05, 0.1) is 0 Å². The first-order chi connectivity index (χ1) is 11.6. The van der Waals surface area contributed by atoms with Crippen molar-refractivity contribution in [1.82, 2.24) is 19.9 Å². The predicted octanol–water partition coefficient (Wildman–Crippen LogP) is 1.90. The number of carbonyl (C=O) groups excluding carboxylic acids is 1. The van der Waals surface area contributed by atoms with Crippen LogP contribution in [0.25, 0.3) is 0 Å². The maximum absolute atomic E-state index is 13.2. The standard InChI is InChI=1S/C18H20N4O2/c1-12-9-13(10-14-5-8-19-11-20-14)17(24)22-15(12)16(23)21-18(22)6-3-2-4-7-18/h5,8-9,11H,2-4,6-7,10H2,1H3,(H,21,23). The van der Waals surface area contributed by atoms with Crippen molar-refractivity contribution in [3.63, 3.8) is 0 Å². The number of aromatic nitrogens is 3. The molecule has 3 heterocycles. The maximum Gasteiger partial charge on any atom is 0.270 e. The van der Waals surface area contributed by atoms with Crippen LogP contribution < -0.4 is 10.9 Å². The maximum atomic E-state index is 13.2. The van der Waals surface area contributed by atoms with Crippen molar-refractivity contribution in [1.29, 1.82) is 0 Å². The van der Waals surface area contributed by atoms with E-state index in [9.17, 15) is 9.59 Å². The fraction of sp³-hybridized carbons (Fsp3) is 0.444. The van der Waals surface area contributed by atoms with Gasteiger partial charge >= 0.3 is 0 Å². The average molecular weight is 324 g/mol. The largest absolute Gasteiger partial charge is 0.327 e. The predicted molar refractivity (Wildman–Crippen MR) is 88.8 cm³/mol. The molecule has 6 nitrogen and oxygen atoms in total. The highest BCUT2D eigenvalue weighted by atomic mass is 16.2. The second-order valence-corrected chi connectivity index (χ2v) is 6.77. The fourth-order valence-electron chi connectivity index (χ4n) is 4.06. The number of pyridine rings is 1. The Kier molecular flexibility index (Phi) is 3.48. The summed E-state index contributed by atoms with van der Waals surface area (Å²) in [6.45, 7) is 1.90. The van der Waals surface area contributed by atoms with Gasteiger partial charge in [-0.25, -0.2) is 9.97 Å². The Morgan fingerprint density at radius 1 is 1.25 bits per heavy atom. The number of nitrogens with one attached hydrogen (secondary N) is 1. The summed E-state index contributed by atoms with van der Waals surface area (Å²) in [4.78, 5) is 33.8. The summed E-state index contributed by atoms with van der Waals surface area (Å²) in [5, 5.41) is 3.11. The minimum atomic E-state index is -0.534. The fourth-order valence-corrected chi connectivity index (χ4v) is 4.06. The van der Waals surface area contributed by atoms with Gasteiger partial charge in [-0.1, -0.05) is 6.42 Å². The molecule has 24 heavy (non-hydrogen) atoms. The van der Waals surface area contributed by atoms with Gasteiger partial charge in [-0.15, -0.1) is 0 Å². The minimum absolute atomic E-state index is 0.0746. The number of amides is 1. The molecule has 1 N–H and O–H groups in total. The van der Waals surface area contributed by atoms with Crippen LogP contribution in [0.15, 0.2) is 29.5 Å². The number of hydrogen-bond acceptors (Lipinski definition) is 4. The van der Waals surface area contributed by atoms with E-state index in [1.54, 1.807) is 10.8 Å². The highest BCUT2D eigenvalue weighted by Gasteiger charge is 2.45. The molecule has 2 aliphatic rings. The van der Waals surface area contributed by atoms with Crippen molar-refractivity contribution >= 4 is 5.91 Å². The van der Waals surface area contributed by atoms with Crippen LogP contribution in [-0.2, 0) is 12.1 Å². The quantitative estimate of drug-likeness (QED) is 0.915. The molecule has 0 aromatic carbocycles. The van der Waals surface area contributed by atoms with Crippen molar-refractivity contribution in [2.45, 2.75) is 51.1 Å². The SMILES string of the molecule is Cc1cc(Cc2ccncn2)c(=O)n2c1C(=O)NC21CCCCC1. The number of rotatable bonds is 2. The van der Waals surface area contributed by atoms with Crippen LogP contribution in [0.3, 0.4) is 0 Å². The van der Waals surface area contributed by atoms with Crippen molar-refractivity contribution < 1.29 is 4.79 Å². The van der Waals surface area contributed by atoms with Gasteiger partial charge in [-0.3, -0.25) is 14.2 Å². The molecule has 0 atom stereocenters. The third kappa shape index (κ3) is 2.25. The topological polar surface area (TPSA) is 76.9 Å². The van der Waals surface area contributed by atoms with Gasteiger partial charge in [0.15, 0.2) is 0 Å². The normalized spacial score (nSPS) is 18.5. The second kappa shape index (κ2) is 5.54. The van der Waals surface area contributed by atoms with Crippen LogP contribution in [-0.4, -0.2) is 20.4 Å². The first-order valence-corrected chi connectivity index (χ1v) is 8.44. The van der Waals surface area contributed by atoms with E-state index in [1.165, 1.54) is 6.33 Å². The molecule has 1 aliphatic heterocycles. The van der Waals surface area contributed by atoms with E-state index in [1.807, 2.05) is 19.1 Å². The summed E-state index contributed by atoms with van der Waals surface area (Å²) < 4.78 is 1.74. The zero-order chi connectivity index (χ0) is 16.7. The molecule has 1 saturated carbocycles. The molecule has 0 unspecified atom stereocenters. The Bertz CT molecular complexity index is 851. The molecule has 1 aliphatic carbocycles. The van der Waals surface area contributed by atoms with Crippen molar-refractivity contribution in [3.05, 3.63) is 57.5 Å². The molecule has 2 aromatic rings. The highest BCUT2D eigenvalue weighted by molar-refractivity contribution is 5.96. The first-order valence-electron chi connectivity index (χ1n) is 8.44. The molecule has 124 valence electrons. The smallest absolute Gasteiger partial charge is 0.270 e. The van der Waals surface area contributed by atoms with E-state index in [0.29, 0.717) is 17.7 Å². The third-order valence-corrected chi connectivity index (χ3v) is 5.15. The zero-order valence-electron chi connectivity index (χ0n) is 13.7. The highest BCUT2D eigenvalue weighted by Crippen LogP contribution is 2.37. The molecule has 2 aromatic heterocycles. The van der Waals surface area contributed by atoms with Gasteiger partial charge in [0.25, 0.3) is 11.5 Å². The van der Waals surface area contributed by atoms with Crippen LogP contribution in [0, 0.1) is 6.92 Å². The van der Waals surface area contributed by atoms with Gasteiger partial charge in [-0.05, 0) is 50.3 Å². The van der Waals surface area contributed by atoms with Crippen molar-refractivity contribution in [3.8, 4) is 0 Å². The van der Waals surface area contributed by atoms with Crippen LogP contribution >= 0.6 is 0 Å². The molecule has 6 heteroatoms. The van der Waals surface area contributed by atoms with Gasteiger partial charge in [0.1, 0.15) is 17.7 Å². The van der Waals surface area contributed by atoms with E-state index < -0.39 is 5.66 Å². The third-order valence-electron chi connectivity index (χ3n) is 5.15. The Balaban J connectivity index is 1.85. The van der Waals surface area contributed by atoms with Crippen LogP contribution in [0.4, 0.5) is 0 Å². The van der Waals surface area contributed by atoms with Crippen LogP contribution in [0.1, 0.15) is 59.4 Å². The number of aryl methyl sites for hydroxylation is 1. The lowest BCUT2D eigenvalue weighted by Gasteiger charge is -2.35. The number of carbonyl (C=O) groups is 1. The van der Waals surface area contributed by atoms with Crippen molar-refractivity contribution in [2.24, 2.45) is 0 Å². The summed E-state index contributed by atoms with van der Waals surface area (Å²) >= 11 is 0. The van der Waals surface area contributed by atoms with E-state index in [4.69, 9.17) is 0 Å².